The normalized spacial score (nSPS) is 11.7. The number of hydrogen-bond acceptors (Lipinski definition) is 4. The minimum atomic E-state index is -3.45. The molecule has 2 aromatic rings. The number of nitrogens with one attached hydrogen (secondary N) is 3. The van der Waals surface area contributed by atoms with E-state index >= 15 is 0 Å². The van der Waals surface area contributed by atoms with E-state index in [0.29, 0.717) is 23.3 Å². The number of halogens is 2. The van der Waals surface area contributed by atoms with Crippen molar-refractivity contribution in [3.63, 3.8) is 0 Å². The maximum absolute atomic E-state index is 13.1. The maximum atomic E-state index is 13.1. The van der Waals surface area contributed by atoms with Crippen molar-refractivity contribution in [3.8, 4) is 0 Å². The van der Waals surface area contributed by atoms with Crippen LogP contribution in [0.3, 0.4) is 0 Å². The van der Waals surface area contributed by atoms with Crippen LogP contribution in [0.4, 0.5) is 4.39 Å². The SMILES string of the molecule is CN=C(NCCNS(=O)(=O)c1cccs1)NCCc1ccc(F)cc1C.I. The van der Waals surface area contributed by atoms with Crippen LogP contribution >= 0.6 is 35.3 Å². The average molecular weight is 526 g/mol. The third kappa shape index (κ3) is 7.72. The van der Waals surface area contributed by atoms with Crippen molar-refractivity contribution in [1.82, 2.24) is 15.4 Å². The topological polar surface area (TPSA) is 82.6 Å². The molecule has 0 fully saturated rings. The second-order valence-corrected chi connectivity index (χ2v) is 8.52. The fraction of sp³-hybridized carbons (Fsp3) is 0.353. The predicted molar refractivity (Wildman–Crippen MR) is 119 cm³/mol. The molecule has 2 rings (SSSR count). The van der Waals surface area contributed by atoms with Crippen LogP contribution in [-0.2, 0) is 16.4 Å². The molecule has 0 aliphatic rings. The van der Waals surface area contributed by atoms with Crippen LogP contribution in [0.5, 0.6) is 0 Å². The lowest BCUT2D eigenvalue weighted by Crippen LogP contribution is -2.42. The van der Waals surface area contributed by atoms with Crippen molar-refractivity contribution in [1.29, 1.82) is 0 Å². The molecule has 0 saturated carbocycles. The van der Waals surface area contributed by atoms with Gasteiger partial charge >= 0.3 is 0 Å². The Morgan fingerprint density at radius 3 is 2.56 bits per heavy atom. The summed E-state index contributed by atoms with van der Waals surface area (Å²) in [6.07, 6.45) is 0.734. The van der Waals surface area contributed by atoms with Crippen molar-refractivity contribution in [2.24, 2.45) is 4.99 Å². The van der Waals surface area contributed by atoms with Gasteiger partial charge < -0.3 is 10.6 Å². The van der Waals surface area contributed by atoms with E-state index < -0.39 is 10.0 Å². The largest absolute Gasteiger partial charge is 0.356 e. The Morgan fingerprint density at radius 1 is 1.19 bits per heavy atom. The number of aliphatic imine (C=N–C) groups is 1. The monoisotopic (exact) mass is 526 g/mol. The molecule has 150 valence electrons. The van der Waals surface area contributed by atoms with E-state index in [-0.39, 0.29) is 36.3 Å². The first-order chi connectivity index (χ1) is 12.4. The lowest BCUT2D eigenvalue weighted by Gasteiger charge is -2.13. The number of benzene rings is 1. The smallest absolute Gasteiger partial charge is 0.250 e. The summed E-state index contributed by atoms with van der Waals surface area (Å²) in [6, 6.07) is 8.02. The zero-order valence-electron chi connectivity index (χ0n) is 15.2. The van der Waals surface area contributed by atoms with Gasteiger partial charge in [-0.3, -0.25) is 4.99 Å². The van der Waals surface area contributed by atoms with E-state index in [9.17, 15) is 12.8 Å². The molecular formula is C17H24FIN4O2S2. The van der Waals surface area contributed by atoms with E-state index in [1.165, 1.54) is 23.5 Å². The molecule has 0 amide bonds. The van der Waals surface area contributed by atoms with Crippen molar-refractivity contribution < 1.29 is 12.8 Å². The molecule has 0 unspecified atom stereocenters. The second-order valence-electron chi connectivity index (χ2n) is 5.58. The molecule has 27 heavy (non-hydrogen) atoms. The molecule has 0 bridgehead atoms. The summed E-state index contributed by atoms with van der Waals surface area (Å²) in [5.74, 6) is 0.349. The number of nitrogens with zero attached hydrogens (tertiary/aromatic N) is 1. The molecule has 1 heterocycles. The van der Waals surface area contributed by atoms with Gasteiger partial charge in [0.15, 0.2) is 5.96 Å². The van der Waals surface area contributed by atoms with Gasteiger partial charge in [0.05, 0.1) is 0 Å². The number of hydrogen-bond donors (Lipinski definition) is 3. The quantitative estimate of drug-likeness (QED) is 0.214. The van der Waals surface area contributed by atoms with Gasteiger partial charge in [0.25, 0.3) is 0 Å². The lowest BCUT2D eigenvalue weighted by atomic mass is 10.1. The van der Waals surface area contributed by atoms with Crippen molar-refractivity contribution in [2.45, 2.75) is 17.6 Å². The molecule has 6 nitrogen and oxygen atoms in total. The van der Waals surface area contributed by atoms with Crippen molar-refractivity contribution in [2.75, 3.05) is 26.7 Å². The lowest BCUT2D eigenvalue weighted by molar-refractivity contribution is 0.582. The summed E-state index contributed by atoms with van der Waals surface area (Å²) < 4.78 is 39.9. The zero-order chi connectivity index (χ0) is 19.0. The van der Waals surface area contributed by atoms with E-state index in [1.807, 2.05) is 6.92 Å². The Kier molecular flexibility index (Phi) is 10.2. The van der Waals surface area contributed by atoms with Gasteiger partial charge in [-0.05, 0) is 48.1 Å². The van der Waals surface area contributed by atoms with Crippen LogP contribution < -0.4 is 15.4 Å². The second kappa shape index (κ2) is 11.6. The highest BCUT2D eigenvalue weighted by Gasteiger charge is 2.13. The molecule has 0 saturated heterocycles. The molecule has 0 atom stereocenters. The molecule has 10 heteroatoms. The summed E-state index contributed by atoms with van der Waals surface area (Å²) in [7, 11) is -1.80. The van der Waals surface area contributed by atoms with Crippen LogP contribution in [-0.4, -0.2) is 41.1 Å². The van der Waals surface area contributed by atoms with Gasteiger partial charge in [-0.1, -0.05) is 12.1 Å². The molecule has 0 spiro atoms. The Labute approximate surface area is 180 Å². The minimum Gasteiger partial charge on any atom is -0.356 e. The number of guanidine groups is 1. The highest BCUT2D eigenvalue weighted by atomic mass is 127. The summed E-state index contributed by atoms with van der Waals surface area (Å²) in [5.41, 5.74) is 1.98. The van der Waals surface area contributed by atoms with E-state index in [4.69, 9.17) is 0 Å². The van der Waals surface area contributed by atoms with Gasteiger partial charge in [0.1, 0.15) is 10.0 Å². The minimum absolute atomic E-state index is 0. The Hall–Kier alpha value is -1.24. The Morgan fingerprint density at radius 2 is 1.93 bits per heavy atom. The summed E-state index contributed by atoms with van der Waals surface area (Å²) in [6.45, 7) is 3.16. The Bertz CT molecular complexity index is 843. The van der Waals surface area contributed by atoms with Crippen molar-refractivity contribution >= 4 is 51.3 Å². The molecule has 1 aromatic heterocycles. The van der Waals surface area contributed by atoms with Crippen LogP contribution in [0.15, 0.2) is 44.9 Å². The first-order valence-corrected chi connectivity index (χ1v) is 10.5. The first-order valence-electron chi connectivity index (χ1n) is 8.15. The highest BCUT2D eigenvalue weighted by Crippen LogP contribution is 2.14. The maximum Gasteiger partial charge on any atom is 0.250 e. The number of rotatable bonds is 8. The zero-order valence-corrected chi connectivity index (χ0v) is 19.1. The van der Waals surface area contributed by atoms with Gasteiger partial charge in [-0.2, -0.15) is 0 Å². The fourth-order valence-corrected chi connectivity index (χ4v) is 4.40. The molecule has 0 aliphatic heterocycles. The Balaban J connectivity index is 0.00000364. The van der Waals surface area contributed by atoms with Gasteiger partial charge in [-0.15, -0.1) is 35.3 Å². The van der Waals surface area contributed by atoms with Gasteiger partial charge in [0.2, 0.25) is 10.0 Å². The van der Waals surface area contributed by atoms with E-state index in [0.717, 1.165) is 17.5 Å². The van der Waals surface area contributed by atoms with Crippen molar-refractivity contribution in [3.05, 3.63) is 52.7 Å². The first kappa shape index (κ1) is 23.8. The third-order valence-electron chi connectivity index (χ3n) is 3.68. The average Bonchev–Trinajstić information content (AvgIpc) is 3.14. The number of aryl methyl sites for hydroxylation is 1. The molecule has 0 radical (unpaired) electrons. The van der Waals surface area contributed by atoms with Gasteiger partial charge in [0, 0.05) is 26.7 Å². The van der Waals surface area contributed by atoms with Crippen LogP contribution in [0.1, 0.15) is 11.1 Å². The predicted octanol–water partition coefficient (Wildman–Crippen LogP) is 2.50. The number of thiophene rings is 1. The fourth-order valence-electron chi connectivity index (χ4n) is 2.33. The summed E-state index contributed by atoms with van der Waals surface area (Å²) in [4.78, 5) is 4.10. The standard InChI is InChI=1S/C17H23FN4O2S2.HI/c1-13-12-15(18)6-5-14(13)7-8-20-17(19-2)21-9-10-22-26(23,24)16-4-3-11-25-16;/h3-6,11-12,22H,7-10H2,1-2H3,(H2,19,20,21);1H. The summed E-state index contributed by atoms with van der Waals surface area (Å²) >= 11 is 1.18. The van der Waals surface area contributed by atoms with Crippen LogP contribution in [0.25, 0.3) is 0 Å². The highest BCUT2D eigenvalue weighted by molar-refractivity contribution is 14.0. The van der Waals surface area contributed by atoms with E-state index in [1.54, 1.807) is 30.6 Å². The third-order valence-corrected chi connectivity index (χ3v) is 6.54. The molecule has 1 aromatic carbocycles. The van der Waals surface area contributed by atoms with Crippen LogP contribution in [0.2, 0.25) is 0 Å². The van der Waals surface area contributed by atoms with Gasteiger partial charge in [-0.25, -0.2) is 17.5 Å². The van der Waals surface area contributed by atoms with Crippen LogP contribution in [0, 0.1) is 12.7 Å². The molecule has 3 N–H and O–H groups in total. The molecular weight excluding hydrogens is 502 g/mol. The van der Waals surface area contributed by atoms with E-state index in [2.05, 4.69) is 20.3 Å². The summed E-state index contributed by atoms with van der Waals surface area (Å²) in [5, 5.41) is 7.93. The molecule has 0 aliphatic carbocycles. The number of sulfonamides is 1.